The number of hydrogen-bond donors (Lipinski definition) is 1. The van der Waals surface area contributed by atoms with Gasteiger partial charge in [-0.05, 0) is 39.5 Å². The Kier molecular flexibility index (Phi) is 4.61. The number of piperidine rings is 1. The average Bonchev–Trinajstić information content (AvgIpc) is 2.12. The number of nitrogens with two attached hydrogens (primary N) is 1. The third kappa shape index (κ3) is 5.68. The fourth-order valence-electron chi connectivity index (χ4n) is 2.02. The fourth-order valence-corrected chi connectivity index (χ4v) is 2.95. The first-order valence-electron chi connectivity index (χ1n) is 6.05. The summed E-state index contributed by atoms with van der Waals surface area (Å²) in [5.74, 6) is -0.173. The van der Waals surface area contributed by atoms with Crippen LogP contribution in [0.2, 0.25) is 0 Å². The molecule has 1 aliphatic rings. The average molecular weight is 278 g/mol. The molecule has 7 heteroatoms. The van der Waals surface area contributed by atoms with Gasteiger partial charge >= 0.3 is 6.09 Å². The van der Waals surface area contributed by atoms with Crippen molar-refractivity contribution < 1.29 is 17.9 Å². The molecule has 2 N–H and O–H groups in total. The monoisotopic (exact) mass is 278 g/mol. The first kappa shape index (κ1) is 15.2. The lowest BCUT2D eigenvalue weighted by atomic mass is 10.0. The molecule has 18 heavy (non-hydrogen) atoms. The molecule has 6 nitrogen and oxygen atoms in total. The molecule has 1 amide bonds. The number of sulfonamides is 1. The molecule has 1 rings (SSSR count). The molecule has 0 spiro atoms. The van der Waals surface area contributed by atoms with Crippen LogP contribution >= 0.6 is 0 Å². The third-order valence-corrected chi connectivity index (χ3v) is 3.57. The predicted octanol–water partition coefficient (Wildman–Crippen LogP) is 0.922. The Labute approximate surface area is 109 Å². The van der Waals surface area contributed by atoms with Crippen molar-refractivity contribution in [2.45, 2.75) is 39.2 Å². The van der Waals surface area contributed by atoms with Crippen molar-refractivity contribution in [2.75, 3.05) is 18.8 Å². The number of rotatable bonds is 2. The third-order valence-electron chi connectivity index (χ3n) is 2.64. The summed E-state index contributed by atoms with van der Waals surface area (Å²) in [4.78, 5) is 13.4. The van der Waals surface area contributed by atoms with Crippen molar-refractivity contribution in [2.24, 2.45) is 11.1 Å². The summed E-state index contributed by atoms with van der Waals surface area (Å²) in [6.45, 7) is 6.41. The molecule has 0 aliphatic carbocycles. The zero-order valence-electron chi connectivity index (χ0n) is 11.2. The Bertz CT molecular complexity index is 400. The summed E-state index contributed by atoms with van der Waals surface area (Å²) in [5.41, 5.74) is -0.538. The van der Waals surface area contributed by atoms with E-state index in [0.717, 1.165) is 12.8 Å². The summed E-state index contributed by atoms with van der Waals surface area (Å²) >= 11 is 0. The van der Waals surface area contributed by atoms with Crippen molar-refractivity contribution in [3.63, 3.8) is 0 Å². The number of ether oxygens (including phenoxy) is 1. The maximum Gasteiger partial charge on any atom is 0.410 e. The number of carbonyl (C=O) groups excluding carboxylic acids is 1. The number of primary sulfonamides is 1. The minimum absolute atomic E-state index is 0.0771. The van der Waals surface area contributed by atoms with Crippen molar-refractivity contribution in [1.29, 1.82) is 0 Å². The summed E-state index contributed by atoms with van der Waals surface area (Å²) < 4.78 is 27.4. The molecule has 1 heterocycles. The van der Waals surface area contributed by atoms with Gasteiger partial charge in [0, 0.05) is 13.1 Å². The van der Waals surface area contributed by atoms with Crippen LogP contribution in [0.15, 0.2) is 0 Å². The maximum atomic E-state index is 11.8. The zero-order valence-corrected chi connectivity index (χ0v) is 12.0. The van der Waals surface area contributed by atoms with Gasteiger partial charge in [-0.2, -0.15) is 0 Å². The molecule has 1 aliphatic heterocycles. The maximum absolute atomic E-state index is 11.8. The Morgan fingerprint density at radius 2 is 2.06 bits per heavy atom. The summed E-state index contributed by atoms with van der Waals surface area (Å²) in [6.07, 6.45) is 1.16. The van der Waals surface area contributed by atoms with E-state index in [4.69, 9.17) is 9.88 Å². The predicted molar refractivity (Wildman–Crippen MR) is 68.5 cm³/mol. The van der Waals surface area contributed by atoms with Gasteiger partial charge in [-0.15, -0.1) is 0 Å². The zero-order chi connectivity index (χ0) is 14.0. The van der Waals surface area contributed by atoms with Crippen molar-refractivity contribution >= 4 is 16.1 Å². The van der Waals surface area contributed by atoms with Crippen molar-refractivity contribution in [1.82, 2.24) is 4.90 Å². The van der Waals surface area contributed by atoms with E-state index in [1.807, 2.05) is 0 Å². The van der Waals surface area contributed by atoms with Crippen LogP contribution < -0.4 is 5.14 Å². The van der Waals surface area contributed by atoms with E-state index >= 15 is 0 Å². The number of carbonyl (C=O) groups is 1. The highest BCUT2D eigenvalue weighted by Gasteiger charge is 2.29. The molecule has 0 aromatic heterocycles. The van der Waals surface area contributed by atoms with E-state index in [2.05, 4.69) is 0 Å². The molecular weight excluding hydrogens is 256 g/mol. The highest BCUT2D eigenvalue weighted by molar-refractivity contribution is 7.89. The fraction of sp³-hybridized carbons (Fsp3) is 0.909. The van der Waals surface area contributed by atoms with Gasteiger partial charge in [-0.1, -0.05) is 0 Å². The van der Waals surface area contributed by atoms with Gasteiger partial charge < -0.3 is 9.64 Å². The van der Waals surface area contributed by atoms with Crippen LogP contribution in [-0.2, 0) is 14.8 Å². The van der Waals surface area contributed by atoms with Crippen molar-refractivity contribution in [3.05, 3.63) is 0 Å². The lowest BCUT2D eigenvalue weighted by Gasteiger charge is -2.33. The lowest BCUT2D eigenvalue weighted by Crippen LogP contribution is -2.44. The second kappa shape index (κ2) is 5.44. The van der Waals surface area contributed by atoms with E-state index in [9.17, 15) is 13.2 Å². The van der Waals surface area contributed by atoms with Gasteiger partial charge in [0.2, 0.25) is 10.0 Å². The van der Waals surface area contributed by atoms with Gasteiger partial charge in [0.1, 0.15) is 5.60 Å². The summed E-state index contributed by atoms with van der Waals surface area (Å²) in [7, 11) is -3.49. The molecule has 0 radical (unpaired) electrons. The minimum atomic E-state index is -3.49. The Morgan fingerprint density at radius 3 is 2.56 bits per heavy atom. The molecule has 0 saturated carbocycles. The molecule has 0 aromatic carbocycles. The van der Waals surface area contributed by atoms with Gasteiger partial charge in [-0.25, -0.2) is 18.4 Å². The summed E-state index contributed by atoms with van der Waals surface area (Å²) in [5, 5.41) is 5.03. The van der Waals surface area contributed by atoms with Crippen molar-refractivity contribution in [3.8, 4) is 0 Å². The van der Waals surface area contributed by atoms with Gasteiger partial charge in [0.25, 0.3) is 0 Å². The van der Waals surface area contributed by atoms with Gasteiger partial charge in [0.15, 0.2) is 0 Å². The second-order valence-electron chi connectivity index (χ2n) is 5.76. The van der Waals surface area contributed by atoms with E-state index in [1.165, 1.54) is 0 Å². The summed E-state index contributed by atoms with van der Waals surface area (Å²) in [6, 6.07) is 0. The number of hydrogen-bond acceptors (Lipinski definition) is 4. The second-order valence-corrected chi connectivity index (χ2v) is 7.42. The molecule has 0 unspecified atom stereocenters. The topological polar surface area (TPSA) is 89.7 Å². The van der Waals surface area contributed by atoms with Crippen LogP contribution in [0.3, 0.4) is 0 Å². The molecule has 0 aromatic rings. The Hall–Kier alpha value is -0.820. The quantitative estimate of drug-likeness (QED) is 0.813. The van der Waals surface area contributed by atoms with Crippen LogP contribution in [0.4, 0.5) is 4.79 Å². The van der Waals surface area contributed by atoms with E-state index < -0.39 is 15.6 Å². The first-order valence-corrected chi connectivity index (χ1v) is 7.77. The van der Waals surface area contributed by atoms with E-state index in [0.29, 0.717) is 13.1 Å². The molecule has 0 bridgehead atoms. The van der Waals surface area contributed by atoms with Crippen LogP contribution in [0, 0.1) is 5.92 Å². The number of amides is 1. The smallest absolute Gasteiger partial charge is 0.410 e. The molecule has 1 saturated heterocycles. The minimum Gasteiger partial charge on any atom is -0.444 e. The van der Waals surface area contributed by atoms with Gasteiger partial charge in [-0.3, -0.25) is 0 Å². The van der Waals surface area contributed by atoms with Crippen LogP contribution in [0.25, 0.3) is 0 Å². The molecule has 1 fully saturated rings. The normalized spacial score (nSPS) is 21.8. The van der Waals surface area contributed by atoms with Crippen LogP contribution in [0.5, 0.6) is 0 Å². The Balaban J connectivity index is 2.56. The molecular formula is C11H22N2O4S. The van der Waals surface area contributed by atoms with E-state index in [-0.39, 0.29) is 17.8 Å². The Morgan fingerprint density at radius 1 is 1.44 bits per heavy atom. The standard InChI is InChI=1S/C11H22N2O4S/c1-11(2,3)17-10(14)13-6-4-5-9(7-13)8-18(12,15)16/h9H,4-8H2,1-3H3,(H2,12,15,16)/t9-/m0/s1. The largest absolute Gasteiger partial charge is 0.444 e. The molecule has 1 atom stereocenters. The lowest BCUT2D eigenvalue weighted by molar-refractivity contribution is 0.0176. The van der Waals surface area contributed by atoms with Crippen LogP contribution in [-0.4, -0.2) is 43.9 Å². The van der Waals surface area contributed by atoms with Crippen LogP contribution in [0.1, 0.15) is 33.6 Å². The van der Waals surface area contributed by atoms with Gasteiger partial charge in [0.05, 0.1) is 5.75 Å². The number of nitrogens with zero attached hydrogens (tertiary/aromatic N) is 1. The first-order chi connectivity index (χ1) is 8.07. The SMILES string of the molecule is CC(C)(C)OC(=O)N1CCC[C@H](CS(N)(=O)=O)C1. The number of likely N-dealkylation sites (tertiary alicyclic amines) is 1. The highest BCUT2D eigenvalue weighted by atomic mass is 32.2. The van der Waals surface area contributed by atoms with E-state index in [1.54, 1.807) is 25.7 Å². The molecule has 106 valence electrons. The highest BCUT2D eigenvalue weighted by Crippen LogP contribution is 2.20.